The molecule has 118 valence electrons. The molecule has 1 saturated heterocycles. The minimum absolute atomic E-state index is 0.00641. The van der Waals surface area contributed by atoms with Crippen LogP contribution in [0.15, 0.2) is 11.5 Å². The first kappa shape index (κ1) is 15.6. The van der Waals surface area contributed by atoms with Gasteiger partial charge in [-0.15, -0.1) is 0 Å². The first-order chi connectivity index (χ1) is 9.79. The molecule has 0 bridgehead atoms. The van der Waals surface area contributed by atoms with Crippen molar-refractivity contribution in [2.75, 3.05) is 39.4 Å². The Hall–Kier alpha value is -1.83. The highest BCUT2D eigenvalue weighted by Gasteiger charge is 2.34. The molecule has 0 unspecified atom stereocenters. The van der Waals surface area contributed by atoms with Crippen LogP contribution in [0, 0.1) is 15.5 Å². The molecule has 2 rings (SSSR count). The van der Waals surface area contributed by atoms with Crippen molar-refractivity contribution >= 4 is 5.91 Å². The highest BCUT2D eigenvalue weighted by Crippen LogP contribution is 2.20. The highest BCUT2D eigenvalue weighted by atomic mass is 16.6. The predicted octanol–water partition coefficient (Wildman–Crippen LogP) is -0.227. The lowest BCUT2D eigenvalue weighted by atomic mass is 9.96. The van der Waals surface area contributed by atoms with Crippen LogP contribution in [0.1, 0.15) is 20.8 Å². The van der Waals surface area contributed by atoms with Crippen LogP contribution in [0.2, 0.25) is 0 Å². The molecule has 2 aliphatic rings. The average molecular weight is 297 g/mol. The fourth-order valence-corrected chi connectivity index (χ4v) is 2.42. The maximum absolute atomic E-state index is 11.8. The van der Waals surface area contributed by atoms with Crippen LogP contribution >= 0.6 is 0 Å². The monoisotopic (exact) mass is 297 g/mol. The molecular formula is C13H23N5O3. The van der Waals surface area contributed by atoms with E-state index in [0.29, 0.717) is 32.1 Å². The van der Waals surface area contributed by atoms with Crippen molar-refractivity contribution in [1.82, 2.24) is 20.4 Å². The molecule has 8 nitrogen and oxygen atoms in total. The molecule has 2 heterocycles. The van der Waals surface area contributed by atoms with Crippen molar-refractivity contribution in [3.05, 3.63) is 21.6 Å². The van der Waals surface area contributed by atoms with E-state index >= 15 is 0 Å². The maximum Gasteiger partial charge on any atom is 0.299 e. The molecule has 21 heavy (non-hydrogen) atoms. The largest absolute Gasteiger partial charge is 0.364 e. The molecule has 0 aromatic rings. The number of nitrogens with zero attached hydrogens (tertiary/aromatic N) is 3. The van der Waals surface area contributed by atoms with Crippen molar-refractivity contribution in [3.63, 3.8) is 0 Å². The highest BCUT2D eigenvalue weighted by molar-refractivity contribution is 5.81. The zero-order chi connectivity index (χ0) is 15.6. The fourth-order valence-electron chi connectivity index (χ4n) is 2.42. The third kappa shape index (κ3) is 3.63. The SMILES string of the molecule is CC(C)(C)C(=O)NCCN1CC([N+](=O)[O-])=C2NCCN2C1. The van der Waals surface area contributed by atoms with Gasteiger partial charge >= 0.3 is 0 Å². The number of rotatable bonds is 4. The zero-order valence-electron chi connectivity index (χ0n) is 12.8. The number of carbonyl (C=O) groups is 1. The predicted molar refractivity (Wildman–Crippen MR) is 77.6 cm³/mol. The van der Waals surface area contributed by atoms with E-state index in [1.165, 1.54) is 0 Å². The summed E-state index contributed by atoms with van der Waals surface area (Å²) < 4.78 is 0. The summed E-state index contributed by atoms with van der Waals surface area (Å²) in [7, 11) is 0. The van der Waals surface area contributed by atoms with Crippen molar-refractivity contribution in [2.45, 2.75) is 20.8 Å². The van der Waals surface area contributed by atoms with Gasteiger partial charge in [-0.3, -0.25) is 19.8 Å². The van der Waals surface area contributed by atoms with Gasteiger partial charge in [0.05, 0.1) is 18.1 Å². The Bertz CT molecular complexity index is 469. The maximum atomic E-state index is 11.8. The summed E-state index contributed by atoms with van der Waals surface area (Å²) in [6, 6.07) is 0. The minimum Gasteiger partial charge on any atom is -0.364 e. The summed E-state index contributed by atoms with van der Waals surface area (Å²) in [4.78, 5) is 26.6. The second-order valence-corrected chi connectivity index (χ2v) is 6.44. The van der Waals surface area contributed by atoms with Gasteiger partial charge in [-0.1, -0.05) is 20.8 Å². The number of nitrogens with one attached hydrogen (secondary N) is 2. The van der Waals surface area contributed by atoms with Crippen molar-refractivity contribution in [1.29, 1.82) is 0 Å². The summed E-state index contributed by atoms with van der Waals surface area (Å²) in [6.45, 7) is 9.15. The average Bonchev–Trinajstić information content (AvgIpc) is 2.84. The molecule has 1 amide bonds. The van der Waals surface area contributed by atoms with Gasteiger partial charge in [-0.2, -0.15) is 0 Å². The summed E-state index contributed by atoms with van der Waals surface area (Å²) in [6.07, 6.45) is 0. The van der Waals surface area contributed by atoms with Crippen LogP contribution in [-0.2, 0) is 4.79 Å². The molecule has 1 fully saturated rings. The third-order valence-corrected chi connectivity index (χ3v) is 3.62. The van der Waals surface area contributed by atoms with E-state index in [0.717, 1.165) is 13.1 Å². The van der Waals surface area contributed by atoms with Gasteiger partial charge in [-0.25, -0.2) is 0 Å². The summed E-state index contributed by atoms with van der Waals surface area (Å²) in [5.41, 5.74) is -0.208. The first-order valence-electron chi connectivity index (χ1n) is 7.16. The minimum atomic E-state index is -0.417. The zero-order valence-corrected chi connectivity index (χ0v) is 12.8. The Morgan fingerprint density at radius 3 is 2.81 bits per heavy atom. The normalized spacial score (nSPS) is 19.3. The third-order valence-electron chi connectivity index (χ3n) is 3.62. The summed E-state index contributed by atoms with van der Waals surface area (Å²) >= 11 is 0. The Kier molecular flexibility index (Phi) is 4.36. The van der Waals surface area contributed by atoms with Gasteiger partial charge in [0.2, 0.25) is 5.91 Å². The first-order valence-corrected chi connectivity index (χ1v) is 7.16. The van der Waals surface area contributed by atoms with E-state index in [1.807, 2.05) is 30.6 Å². The molecular weight excluding hydrogens is 274 g/mol. The molecule has 2 N–H and O–H groups in total. The van der Waals surface area contributed by atoms with E-state index in [4.69, 9.17) is 0 Å². The summed E-state index contributed by atoms with van der Waals surface area (Å²) in [5.74, 6) is 0.642. The standard InChI is InChI=1S/C13H23N5O3/c1-13(2,3)12(19)15-4-6-16-8-10(18(20)21)11-14-5-7-17(11)9-16/h14H,4-9H2,1-3H3,(H,15,19). The van der Waals surface area contributed by atoms with E-state index in [9.17, 15) is 14.9 Å². The molecule has 0 aromatic carbocycles. The number of nitro groups is 1. The topological polar surface area (TPSA) is 90.8 Å². The number of fused-ring (bicyclic) bond motifs is 1. The van der Waals surface area contributed by atoms with Crippen LogP contribution < -0.4 is 10.6 Å². The van der Waals surface area contributed by atoms with Gasteiger partial charge in [0.25, 0.3) is 5.70 Å². The van der Waals surface area contributed by atoms with E-state index < -0.39 is 5.41 Å². The summed E-state index contributed by atoms with van der Waals surface area (Å²) in [5, 5.41) is 17.1. The van der Waals surface area contributed by atoms with Gasteiger partial charge < -0.3 is 15.5 Å². The molecule has 0 atom stereocenters. The van der Waals surface area contributed by atoms with Gasteiger partial charge in [0.15, 0.2) is 5.82 Å². The van der Waals surface area contributed by atoms with Gasteiger partial charge in [0, 0.05) is 31.6 Å². The van der Waals surface area contributed by atoms with Crippen LogP contribution in [0.25, 0.3) is 0 Å². The Balaban J connectivity index is 1.89. The van der Waals surface area contributed by atoms with Crippen LogP contribution in [0.4, 0.5) is 0 Å². The molecule has 0 saturated carbocycles. The van der Waals surface area contributed by atoms with E-state index in [1.54, 1.807) is 0 Å². The fraction of sp³-hybridized carbons (Fsp3) is 0.769. The van der Waals surface area contributed by atoms with Gasteiger partial charge in [0.1, 0.15) is 0 Å². The quantitative estimate of drug-likeness (QED) is 0.550. The van der Waals surface area contributed by atoms with Crippen LogP contribution in [-0.4, -0.2) is 60.0 Å². The van der Waals surface area contributed by atoms with E-state index in [2.05, 4.69) is 10.6 Å². The molecule has 8 heteroatoms. The lowest BCUT2D eigenvalue weighted by Crippen LogP contribution is -2.47. The second kappa shape index (κ2) is 5.88. The van der Waals surface area contributed by atoms with Crippen molar-refractivity contribution < 1.29 is 9.72 Å². The van der Waals surface area contributed by atoms with E-state index in [-0.39, 0.29) is 16.5 Å². The van der Waals surface area contributed by atoms with Gasteiger partial charge in [-0.05, 0) is 0 Å². The van der Waals surface area contributed by atoms with Crippen LogP contribution in [0.3, 0.4) is 0 Å². The van der Waals surface area contributed by atoms with Crippen LogP contribution in [0.5, 0.6) is 0 Å². The number of carbonyl (C=O) groups excluding carboxylic acids is 1. The molecule has 0 spiro atoms. The lowest BCUT2D eigenvalue weighted by Gasteiger charge is -2.32. The molecule has 0 aromatic heterocycles. The Morgan fingerprint density at radius 1 is 1.48 bits per heavy atom. The molecule has 0 aliphatic carbocycles. The lowest BCUT2D eigenvalue weighted by molar-refractivity contribution is -0.432. The molecule has 2 aliphatic heterocycles. The van der Waals surface area contributed by atoms with Crippen molar-refractivity contribution in [3.8, 4) is 0 Å². The molecule has 0 radical (unpaired) electrons. The second-order valence-electron chi connectivity index (χ2n) is 6.44. The Labute approximate surface area is 124 Å². The van der Waals surface area contributed by atoms with Crippen molar-refractivity contribution in [2.24, 2.45) is 5.41 Å². The number of hydrogen-bond acceptors (Lipinski definition) is 6. The smallest absolute Gasteiger partial charge is 0.299 e. The Morgan fingerprint density at radius 2 is 2.19 bits per heavy atom. The number of hydrogen-bond donors (Lipinski definition) is 2. The number of amides is 1.